The molecule has 1 aliphatic rings. The molecule has 1 rings (SSSR count). The highest BCUT2D eigenvalue weighted by Gasteiger charge is 1.97. The number of rotatable bonds is 0. The molecular weight excluding hydrogens is 94.0 g/mol. The fourth-order valence-corrected chi connectivity index (χ4v) is 0.574. The zero-order valence-electron chi connectivity index (χ0n) is 4.09. The van der Waals surface area contributed by atoms with Crippen LogP contribution in [0.4, 0.5) is 0 Å². The van der Waals surface area contributed by atoms with Crippen LogP contribution in [0.3, 0.4) is 0 Å². The zero-order chi connectivity index (χ0) is 5.11. The molecule has 7 heavy (non-hydrogen) atoms. The molecule has 1 heterocycles. The molecule has 0 N–H and O–H groups in total. The van der Waals surface area contributed by atoms with Gasteiger partial charge in [-0.1, -0.05) is 0 Å². The second-order valence-corrected chi connectivity index (χ2v) is 1.60. The standard InChI is InChI=1S/C4H8NO2/c6-5-2-1-3-7-4-5/h1-4H2/q-1. The van der Waals surface area contributed by atoms with Crippen LogP contribution in [0.2, 0.25) is 0 Å². The third kappa shape index (κ3) is 1.43. The van der Waals surface area contributed by atoms with E-state index in [9.17, 15) is 5.21 Å². The minimum Gasteiger partial charge on any atom is -0.784 e. The smallest absolute Gasteiger partial charge is 0.0877 e. The van der Waals surface area contributed by atoms with Crippen LogP contribution in [0.15, 0.2) is 0 Å². The van der Waals surface area contributed by atoms with Crippen LogP contribution < -0.4 is 0 Å². The summed E-state index contributed by atoms with van der Waals surface area (Å²) in [5.74, 6) is 0. The van der Waals surface area contributed by atoms with E-state index in [0.29, 0.717) is 6.54 Å². The lowest BCUT2D eigenvalue weighted by Gasteiger charge is -2.31. The lowest BCUT2D eigenvalue weighted by atomic mass is 10.4. The van der Waals surface area contributed by atoms with Gasteiger partial charge in [0.05, 0.1) is 6.73 Å². The summed E-state index contributed by atoms with van der Waals surface area (Å²) in [6, 6.07) is 0. The Morgan fingerprint density at radius 1 is 1.57 bits per heavy atom. The van der Waals surface area contributed by atoms with Crippen LogP contribution in [-0.4, -0.2) is 24.9 Å². The van der Waals surface area contributed by atoms with Crippen LogP contribution in [-0.2, 0) is 4.74 Å². The number of hydroxylamine groups is 2. The summed E-state index contributed by atoms with van der Waals surface area (Å²) in [5.41, 5.74) is 0. The summed E-state index contributed by atoms with van der Waals surface area (Å²) in [6.45, 7) is 1.65. The second-order valence-electron chi connectivity index (χ2n) is 1.60. The fourth-order valence-electron chi connectivity index (χ4n) is 0.574. The summed E-state index contributed by atoms with van der Waals surface area (Å²) >= 11 is 0. The van der Waals surface area contributed by atoms with Crippen molar-refractivity contribution >= 4 is 0 Å². The van der Waals surface area contributed by atoms with Crippen molar-refractivity contribution in [2.24, 2.45) is 0 Å². The minimum atomic E-state index is 0.264. The molecule has 0 aromatic heterocycles. The van der Waals surface area contributed by atoms with E-state index in [4.69, 9.17) is 4.74 Å². The molecule has 0 aliphatic carbocycles. The lowest BCUT2D eigenvalue weighted by molar-refractivity contribution is 0.0128. The maximum absolute atomic E-state index is 10.3. The van der Waals surface area contributed by atoms with E-state index in [-0.39, 0.29) is 6.73 Å². The minimum absolute atomic E-state index is 0.264. The van der Waals surface area contributed by atoms with Crippen molar-refractivity contribution in [2.75, 3.05) is 19.9 Å². The van der Waals surface area contributed by atoms with Crippen molar-refractivity contribution in [3.63, 3.8) is 0 Å². The van der Waals surface area contributed by atoms with E-state index < -0.39 is 0 Å². The molecule has 3 heteroatoms. The van der Waals surface area contributed by atoms with E-state index >= 15 is 0 Å². The van der Waals surface area contributed by atoms with Gasteiger partial charge >= 0.3 is 0 Å². The van der Waals surface area contributed by atoms with Gasteiger partial charge in [-0.15, -0.1) is 0 Å². The van der Waals surface area contributed by atoms with Gasteiger partial charge in [-0.3, -0.25) is 0 Å². The average Bonchev–Trinajstić information content (AvgIpc) is 1.69. The summed E-state index contributed by atoms with van der Waals surface area (Å²) in [6.07, 6.45) is 0.878. The molecule has 0 atom stereocenters. The fraction of sp³-hybridized carbons (Fsp3) is 1.00. The normalized spacial score (nSPS) is 25.3. The molecule has 0 aromatic rings. The van der Waals surface area contributed by atoms with Crippen molar-refractivity contribution in [3.05, 3.63) is 5.21 Å². The Bertz CT molecular complexity index is 51.7. The monoisotopic (exact) mass is 102 g/mol. The van der Waals surface area contributed by atoms with Crippen LogP contribution in [0.25, 0.3) is 0 Å². The van der Waals surface area contributed by atoms with Crippen LogP contribution in [0.5, 0.6) is 0 Å². The Hall–Kier alpha value is -0.120. The SMILES string of the molecule is [O-]N1CCCOC1. The van der Waals surface area contributed by atoms with Gasteiger partial charge < -0.3 is 15.0 Å². The van der Waals surface area contributed by atoms with Crippen LogP contribution in [0.1, 0.15) is 6.42 Å². The van der Waals surface area contributed by atoms with Crippen molar-refractivity contribution in [3.8, 4) is 0 Å². The summed E-state index contributed by atoms with van der Waals surface area (Å²) in [7, 11) is 0. The first-order chi connectivity index (χ1) is 3.39. The molecule has 3 nitrogen and oxygen atoms in total. The predicted molar refractivity (Wildman–Crippen MR) is 25.5 cm³/mol. The molecule has 0 radical (unpaired) electrons. The Morgan fingerprint density at radius 2 is 2.43 bits per heavy atom. The van der Waals surface area contributed by atoms with E-state index in [1.54, 1.807) is 0 Å². The number of ether oxygens (including phenoxy) is 1. The van der Waals surface area contributed by atoms with Crippen molar-refractivity contribution in [1.29, 1.82) is 0 Å². The first-order valence-corrected chi connectivity index (χ1v) is 2.39. The van der Waals surface area contributed by atoms with Gasteiger partial charge in [0, 0.05) is 6.61 Å². The van der Waals surface area contributed by atoms with Crippen molar-refractivity contribution in [1.82, 2.24) is 5.06 Å². The van der Waals surface area contributed by atoms with E-state index in [0.717, 1.165) is 18.1 Å². The zero-order valence-corrected chi connectivity index (χ0v) is 4.09. The summed E-state index contributed by atoms with van der Waals surface area (Å²) < 4.78 is 4.80. The van der Waals surface area contributed by atoms with Gasteiger partial charge in [0.25, 0.3) is 0 Å². The Labute approximate surface area is 42.4 Å². The molecule has 0 bridgehead atoms. The molecule has 0 aromatic carbocycles. The molecular formula is C4H8NO2-. The van der Waals surface area contributed by atoms with Gasteiger partial charge in [-0.05, 0) is 13.0 Å². The molecule has 0 spiro atoms. The van der Waals surface area contributed by atoms with Gasteiger partial charge in [-0.25, -0.2) is 0 Å². The quantitative estimate of drug-likeness (QED) is 0.437. The Kier molecular flexibility index (Phi) is 1.62. The third-order valence-corrected chi connectivity index (χ3v) is 0.931. The molecule has 1 fully saturated rings. The molecule has 0 amide bonds. The second kappa shape index (κ2) is 2.26. The Balaban J connectivity index is 2.12. The highest BCUT2D eigenvalue weighted by Crippen LogP contribution is 1.96. The number of hydrogen-bond acceptors (Lipinski definition) is 3. The molecule has 0 saturated carbocycles. The van der Waals surface area contributed by atoms with Crippen molar-refractivity contribution < 1.29 is 4.74 Å². The molecule has 0 unspecified atom stereocenters. The maximum Gasteiger partial charge on any atom is 0.0877 e. The largest absolute Gasteiger partial charge is 0.784 e. The third-order valence-electron chi connectivity index (χ3n) is 0.931. The number of hydrogen-bond donors (Lipinski definition) is 0. The van der Waals surface area contributed by atoms with E-state index in [1.165, 1.54) is 0 Å². The average molecular weight is 102 g/mol. The van der Waals surface area contributed by atoms with Gasteiger partial charge in [0.1, 0.15) is 0 Å². The van der Waals surface area contributed by atoms with Crippen molar-refractivity contribution in [2.45, 2.75) is 6.42 Å². The molecule has 42 valence electrons. The van der Waals surface area contributed by atoms with Crippen LogP contribution >= 0.6 is 0 Å². The maximum atomic E-state index is 10.3. The highest BCUT2D eigenvalue weighted by atomic mass is 16.6. The highest BCUT2D eigenvalue weighted by molar-refractivity contribution is 4.55. The van der Waals surface area contributed by atoms with Gasteiger partial charge in [0.2, 0.25) is 0 Å². The summed E-state index contributed by atoms with van der Waals surface area (Å²) in [4.78, 5) is 0. The molecule has 1 saturated heterocycles. The van der Waals surface area contributed by atoms with E-state index in [2.05, 4.69) is 0 Å². The number of nitrogens with zero attached hydrogens (tertiary/aromatic N) is 1. The first-order valence-electron chi connectivity index (χ1n) is 2.39. The lowest BCUT2D eigenvalue weighted by Crippen LogP contribution is -2.27. The predicted octanol–water partition coefficient (Wildman–Crippen LogP) is 0.164. The first kappa shape index (κ1) is 5.03. The summed E-state index contributed by atoms with van der Waals surface area (Å²) in [5, 5.41) is 11.2. The van der Waals surface area contributed by atoms with Gasteiger partial charge in [-0.2, -0.15) is 0 Å². The van der Waals surface area contributed by atoms with Crippen LogP contribution in [0, 0.1) is 5.21 Å². The van der Waals surface area contributed by atoms with Gasteiger partial charge in [0.15, 0.2) is 0 Å². The Morgan fingerprint density at radius 3 is 2.71 bits per heavy atom. The topological polar surface area (TPSA) is 35.5 Å². The molecule has 1 aliphatic heterocycles. The van der Waals surface area contributed by atoms with E-state index in [1.807, 2.05) is 0 Å².